The van der Waals surface area contributed by atoms with E-state index in [0.29, 0.717) is 45.2 Å². The molecule has 1 unspecified atom stereocenters. The number of anilines is 1. The number of hydrogen-bond acceptors (Lipinski definition) is 5. The molecule has 3 fully saturated rings. The molecule has 1 saturated heterocycles. The Morgan fingerprint density at radius 2 is 1.94 bits per heavy atom. The van der Waals surface area contributed by atoms with Crippen LogP contribution in [0.4, 0.5) is 14.6 Å². The fourth-order valence-electron chi connectivity index (χ4n) is 5.98. The van der Waals surface area contributed by atoms with Gasteiger partial charge in [-0.2, -0.15) is 5.10 Å². The third kappa shape index (κ3) is 2.85. The molecule has 3 heterocycles. The molecule has 4 aromatic rings. The van der Waals surface area contributed by atoms with Gasteiger partial charge in [-0.05, 0) is 61.4 Å². The van der Waals surface area contributed by atoms with E-state index in [-0.39, 0.29) is 28.6 Å². The number of aromatic hydroxyl groups is 1. The highest BCUT2D eigenvalue weighted by atomic mass is 19.1. The molecule has 2 saturated carbocycles. The molecular weight excluding hydrogens is 448 g/mol. The number of piperidine rings is 1. The molecule has 0 spiro atoms. The van der Waals surface area contributed by atoms with Crippen LogP contribution in [0.5, 0.6) is 5.75 Å². The number of phenols is 1. The van der Waals surface area contributed by atoms with Crippen LogP contribution < -0.4 is 10.6 Å². The third-order valence-corrected chi connectivity index (χ3v) is 7.80. The Morgan fingerprint density at radius 3 is 2.63 bits per heavy atom. The number of nitrogens with zero attached hydrogens (tertiary/aromatic N) is 3. The largest absolute Gasteiger partial charge is 0.508 e. The predicted molar refractivity (Wildman–Crippen MR) is 130 cm³/mol. The molecule has 2 aromatic heterocycles. The van der Waals surface area contributed by atoms with Crippen LogP contribution in [-0.2, 0) is 0 Å². The summed E-state index contributed by atoms with van der Waals surface area (Å²) in [6.07, 6.45) is 7.54. The molecule has 2 aromatic carbocycles. The smallest absolute Gasteiger partial charge is 0.175 e. The first-order valence-corrected chi connectivity index (χ1v) is 11.9. The number of halogens is 2. The molecule has 0 bridgehead atoms. The number of pyridine rings is 1. The van der Waals surface area contributed by atoms with E-state index < -0.39 is 11.6 Å². The number of phenolic OH excluding ortho intramolecular Hbond substituents is 1. The summed E-state index contributed by atoms with van der Waals surface area (Å²) in [5.74, 6) is 3.05. The van der Waals surface area contributed by atoms with Crippen molar-refractivity contribution < 1.29 is 13.9 Å². The van der Waals surface area contributed by atoms with Crippen molar-refractivity contribution in [3.63, 3.8) is 0 Å². The molecule has 0 radical (unpaired) electrons. The Kier molecular flexibility index (Phi) is 4.22. The highest BCUT2D eigenvalue weighted by molar-refractivity contribution is 6.04. The molecule has 3 aliphatic rings. The van der Waals surface area contributed by atoms with Crippen molar-refractivity contribution in [1.29, 1.82) is 0 Å². The minimum absolute atomic E-state index is 0.0101. The van der Waals surface area contributed by atoms with Crippen LogP contribution in [0.1, 0.15) is 36.1 Å². The van der Waals surface area contributed by atoms with E-state index >= 15 is 4.39 Å². The van der Waals surface area contributed by atoms with Gasteiger partial charge in [0.1, 0.15) is 28.6 Å². The normalized spacial score (nSPS) is 23.0. The molecule has 1 aliphatic heterocycles. The van der Waals surface area contributed by atoms with E-state index in [0.717, 1.165) is 31.6 Å². The van der Waals surface area contributed by atoms with Gasteiger partial charge < -0.3 is 15.7 Å². The number of nitrogens with one attached hydrogen (secondary N) is 2. The number of rotatable bonds is 4. The summed E-state index contributed by atoms with van der Waals surface area (Å²) in [5, 5.41) is 23.5. The summed E-state index contributed by atoms with van der Waals surface area (Å²) in [7, 11) is 1.75. The van der Waals surface area contributed by atoms with Gasteiger partial charge in [0, 0.05) is 23.9 Å². The first-order chi connectivity index (χ1) is 17.0. The van der Waals surface area contributed by atoms with Crippen molar-refractivity contribution in [2.24, 2.45) is 11.8 Å². The third-order valence-electron chi connectivity index (χ3n) is 7.80. The topological polar surface area (TPSA) is 75.0 Å². The van der Waals surface area contributed by atoms with Crippen LogP contribution in [0.25, 0.3) is 32.9 Å². The van der Waals surface area contributed by atoms with Crippen molar-refractivity contribution in [2.45, 2.75) is 24.8 Å². The first kappa shape index (κ1) is 20.7. The summed E-state index contributed by atoms with van der Waals surface area (Å²) in [4.78, 5) is 4.69. The lowest BCUT2D eigenvalue weighted by Gasteiger charge is -2.14. The van der Waals surface area contributed by atoms with Gasteiger partial charge in [-0.3, -0.25) is 4.68 Å². The van der Waals surface area contributed by atoms with E-state index in [1.165, 1.54) is 24.3 Å². The Morgan fingerprint density at radius 1 is 1.17 bits per heavy atom. The van der Waals surface area contributed by atoms with E-state index in [9.17, 15) is 9.50 Å². The zero-order valence-corrected chi connectivity index (χ0v) is 19.1. The van der Waals surface area contributed by atoms with Crippen LogP contribution in [0.15, 0.2) is 24.3 Å². The Bertz CT molecular complexity index is 1590. The summed E-state index contributed by atoms with van der Waals surface area (Å²) in [6, 6.07) is 5.81. The van der Waals surface area contributed by atoms with E-state index in [2.05, 4.69) is 21.5 Å². The summed E-state index contributed by atoms with van der Waals surface area (Å²) < 4.78 is 33.0. The predicted octanol–water partition coefficient (Wildman–Crippen LogP) is 4.53. The standard InChI is InChI=1S/C27H23F2N5O/c1-3-15-19(28)7-4-12-8-14(35)9-16(20(12)15)24-23(29)26-22(27(30-2)32-24)25(33-34(26)13-5-6-13)21-17-10-31-11-18(17)21/h1,4,7-9,13,17-18,21,31,35H,5-6,10-11H2,2H3,(H,30,32)/t17-,18+,21?. The van der Waals surface area contributed by atoms with E-state index in [1.54, 1.807) is 7.05 Å². The Balaban J connectivity index is 1.55. The molecule has 3 N–H and O–H groups in total. The van der Waals surface area contributed by atoms with Gasteiger partial charge in [0.05, 0.1) is 22.7 Å². The van der Waals surface area contributed by atoms with Crippen LogP contribution in [0.3, 0.4) is 0 Å². The van der Waals surface area contributed by atoms with Crippen molar-refractivity contribution in [3.05, 3.63) is 47.2 Å². The number of aromatic nitrogens is 3. The zero-order valence-electron chi connectivity index (χ0n) is 19.1. The lowest BCUT2D eigenvalue weighted by Crippen LogP contribution is -2.14. The van der Waals surface area contributed by atoms with Gasteiger partial charge in [-0.25, -0.2) is 13.8 Å². The maximum atomic E-state index is 16.5. The molecule has 6 nitrogen and oxygen atoms in total. The molecular formula is C27H23F2N5O. The van der Waals surface area contributed by atoms with E-state index in [1.807, 2.05) is 4.68 Å². The SMILES string of the molecule is C#Cc1c(F)ccc2cc(O)cc(-c3nc(NC)c4c(C5[C@H]6CNC[C@@H]56)nn(C5CC5)c4c3F)c12. The minimum atomic E-state index is -0.582. The number of fused-ring (bicyclic) bond motifs is 3. The van der Waals surface area contributed by atoms with Crippen LogP contribution >= 0.6 is 0 Å². The summed E-state index contributed by atoms with van der Waals surface area (Å²) in [5.41, 5.74) is 1.59. The van der Waals surface area contributed by atoms with E-state index in [4.69, 9.17) is 11.5 Å². The maximum absolute atomic E-state index is 16.5. The fraction of sp³-hybridized carbons (Fsp3) is 0.333. The average Bonchev–Trinajstić information content (AvgIpc) is 3.73. The van der Waals surface area contributed by atoms with Gasteiger partial charge in [0.2, 0.25) is 0 Å². The van der Waals surface area contributed by atoms with Crippen molar-refractivity contribution in [3.8, 4) is 29.4 Å². The number of benzene rings is 2. The quantitative estimate of drug-likeness (QED) is 0.382. The number of terminal acetylenes is 1. The van der Waals surface area contributed by atoms with Crippen molar-refractivity contribution >= 4 is 27.5 Å². The number of hydrogen-bond donors (Lipinski definition) is 3. The molecule has 8 heteroatoms. The second-order valence-electron chi connectivity index (χ2n) is 9.83. The summed E-state index contributed by atoms with van der Waals surface area (Å²) in [6.45, 7) is 1.90. The van der Waals surface area contributed by atoms with Gasteiger partial charge in [0.25, 0.3) is 0 Å². The zero-order chi connectivity index (χ0) is 24.0. The van der Waals surface area contributed by atoms with Crippen molar-refractivity contribution in [2.75, 3.05) is 25.5 Å². The van der Waals surface area contributed by atoms with Gasteiger partial charge in [-0.15, -0.1) is 6.42 Å². The molecule has 2 aliphatic carbocycles. The lowest BCUT2D eigenvalue weighted by molar-refractivity contribution is 0.476. The minimum Gasteiger partial charge on any atom is -0.508 e. The molecule has 0 amide bonds. The second kappa shape index (κ2) is 7.15. The molecule has 35 heavy (non-hydrogen) atoms. The second-order valence-corrected chi connectivity index (χ2v) is 9.83. The monoisotopic (exact) mass is 471 g/mol. The lowest BCUT2D eigenvalue weighted by atomic mass is 9.95. The summed E-state index contributed by atoms with van der Waals surface area (Å²) >= 11 is 0. The molecule has 7 rings (SSSR count). The van der Waals surface area contributed by atoms with Crippen molar-refractivity contribution in [1.82, 2.24) is 20.1 Å². The highest BCUT2D eigenvalue weighted by Gasteiger charge is 2.56. The molecule has 3 atom stereocenters. The van der Waals surface area contributed by atoms with Crippen LogP contribution in [0.2, 0.25) is 0 Å². The highest BCUT2D eigenvalue weighted by Crippen LogP contribution is 2.58. The van der Waals surface area contributed by atoms with Crippen LogP contribution in [0, 0.1) is 35.8 Å². The Labute approximate surface area is 200 Å². The van der Waals surface area contributed by atoms with Gasteiger partial charge in [-0.1, -0.05) is 12.0 Å². The van der Waals surface area contributed by atoms with Gasteiger partial charge >= 0.3 is 0 Å². The average molecular weight is 472 g/mol. The maximum Gasteiger partial charge on any atom is 0.175 e. The first-order valence-electron chi connectivity index (χ1n) is 11.9. The van der Waals surface area contributed by atoms with Gasteiger partial charge in [0.15, 0.2) is 5.82 Å². The Hall–Kier alpha value is -3.70. The van der Waals surface area contributed by atoms with Crippen LogP contribution in [-0.4, -0.2) is 40.0 Å². The molecule has 176 valence electrons. The fourth-order valence-corrected chi connectivity index (χ4v) is 5.98.